The number of nitrogens with one attached hydrogen (secondary N) is 1. The number of benzene rings is 2. The lowest BCUT2D eigenvalue weighted by Gasteiger charge is -2.23. The molecule has 1 aliphatic rings. The molecule has 1 atom stereocenters. The molecular formula is C24H25ClN4O3S. The minimum absolute atomic E-state index is 0.219. The zero-order valence-corrected chi connectivity index (χ0v) is 19.8. The van der Waals surface area contributed by atoms with Crippen LogP contribution in [0.25, 0.3) is 0 Å². The molecule has 3 aromatic rings. The molecule has 1 fully saturated rings. The number of hydrogen-bond donors (Lipinski definition) is 2. The number of thiazole rings is 1. The van der Waals surface area contributed by atoms with E-state index in [-0.39, 0.29) is 24.5 Å². The second-order valence-corrected chi connectivity index (χ2v) is 9.43. The summed E-state index contributed by atoms with van der Waals surface area (Å²) >= 11 is 7.21. The summed E-state index contributed by atoms with van der Waals surface area (Å²) in [7, 11) is 0. The molecule has 3 N–H and O–H groups in total. The van der Waals surface area contributed by atoms with Crippen molar-refractivity contribution in [2.24, 2.45) is 5.73 Å². The minimum Gasteiger partial charge on any atom is -0.486 e. The van der Waals surface area contributed by atoms with E-state index in [0.29, 0.717) is 38.6 Å². The summed E-state index contributed by atoms with van der Waals surface area (Å²) in [5.74, 6) is 0.161. The Labute approximate surface area is 201 Å². The Kier molecular flexibility index (Phi) is 7.27. The highest BCUT2D eigenvalue weighted by Crippen LogP contribution is 2.26. The van der Waals surface area contributed by atoms with Gasteiger partial charge < -0.3 is 15.8 Å². The lowest BCUT2D eigenvalue weighted by Crippen LogP contribution is -2.39. The van der Waals surface area contributed by atoms with Crippen molar-refractivity contribution in [2.45, 2.75) is 39.0 Å². The van der Waals surface area contributed by atoms with Gasteiger partial charge in [-0.25, -0.2) is 4.98 Å². The Hall–Kier alpha value is -2.94. The van der Waals surface area contributed by atoms with Crippen molar-refractivity contribution in [3.05, 3.63) is 74.7 Å². The summed E-state index contributed by atoms with van der Waals surface area (Å²) in [5, 5.41) is 4.36. The molecule has 0 bridgehead atoms. The molecule has 4 rings (SSSR count). The normalized spacial score (nSPS) is 16.0. The van der Waals surface area contributed by atoms with E-state index in [9.17, 15) is 9.59 Å². The molecule has 2 heterocycles. The highest BCUT2D eigenvalue weighted by molar-refractivity contribution is 7.13. The lowest BCUT2D eigenvalue weighted by molar-refractivity contribution is -0.122. The van der Waals surface area contributed by atoms with Crippen molar-refractivity contribution < 1.29 is 14.3 Å². The zero-order valence-electron chi connectivity index (χ0n) is 18.2. The molecule has 1 aromatic heterocycles. The minimum atomic E-state index is -0.303. The van der Waals surface area contributed by atoms with Gasteiger partial charge in [-0.15, -0.1) is 11.3 Å². The highest BCUT2D eigenvalue weighted by atomic mass is 35.5. The second-order valence-electron chi connectivity index (χ2n) is 7.91. The van der Waals surface area contributed by atoms with E-state index in [4.69, 9.17) is 22.1 Å². The van der Waals surface area contributed by atoms with Gasteiger partial charge in [-0.3, -0.25) is 14.5 Å². The predicted octanol–water partition coefficient (Wildman–Crippen LogP) is 4.39. The number of carbonyl (C=O) groups excluding carboxylic acids is 2. The molecule has 1 saturated heterocycles. The highest BCUT2D eigenvalue weighted by Gasteiger charge is 2.29. The smallest absolute Gasteiger partial charge is 0.267 e. The Morgan fingerprint density at radius 2 is 2.00 bits per heavy atom. The van der Waals surface area contributed by atoms with Gasteiger partial charge >= 0.3 is 0 Å². The summed E-state index contributed by atoms with van der Waals surface area (Å²) in [5.41, 5.74) is 7.85. The number of likely N-dealkylation sites (tertiary alicyclic amines) is 1. The molecule has 2 amide bonds. The van der Waals surface area contributed by atoms with Crippen LogP contribution in [0.3, 0.4) is 0 Å². The number of anilines is 1. The fourth-order valence-electron chi connectivity index (χ4n) is 3.92. The maximum Gasteiger partial charge on any atom is 0.267 e. The van der Waals surface area contributed by atoms with E-state index in [1.165, 1.54) is 11.3 Å². The van der Waals surface area contributed by atoms with Crippen LogP contribution in [-0.2, 0) is 17.9 Å². The number of aromatic nitrogens is 1. The average Bonchev–Trinajstić information content (AvgIpc) is 3.41. The van der Waals surface area contributed by atoms with Crippen LogP contribution in [0.1, 0.15) is 38.8 Å². The third kappa shape index (κ3) is 5.71. The number of hydrogen-bond acceptors (Lipinski definition) is 6. The molecule has 2 aromatic carbocycles. The SMILES string of the molecule is Cc1nc(COc2ccc(Cl)cc2)sc1C(=O)Nc1ccccc1CN1CCC[C@@H]1C(N)=O. The van der Waals surface area contributed by atoms with Gasteiger partial charge in [0.05, 0.1) is 11.7 Å². The molecule has 0 saturated carbocycles. The van der Waals surface area contributed by atoms with Crippen LogP contribution in [0, 0.1) is 6.92 Å². The van der Waals surface area contributed by atoms with Gasteiger partial charge in [-0.05, 0) is 62.2 Å². The zero-order chi connectivity index (χ0) is 23.4. The summed E-state index contributed by atoms with van der Waals surface area (Å²) in [6.45, 7) is 3.43. The Bertz CT molecular complexity index is 1150. The molecular weight excluding hydrogens is 460 g/mol. The molecule has 0 aliphatic carbocycles. The van der Waals surface area contributed by atoms with Crippen molar-refractivity contribution in [2.75, 3.05) is 11.9 Å². The molecule has 1 aliphatic heterocycles. The third-order valence-electron chi connectivity index (χ3n) is 5.55. The first-order valence-corrected chi connectivity index (χ1v) is 11.9. The third-order valence-corrected chi connectivity index (χ3v) is 6.94. The van der Waals surface area contributed by atoms with Crippen molar-refractivity contribution in [1.29, 1.82) is 0 Å². The molecule has 0 unspecified atom stereocenters. The Morgan fingerprint density at radius 1 is 1.24 bits per heavy atom. The van der Waals surface area contributed by atoms with Crippen LogP contribution >= 0.6 is 22.9 Å². The second kappa shape index (κ2) is 10.3. The van der Waals surface area contributed by atoms with E-state index in [2.05, 4.69) is 15.2 Å². The van der Waals surface area contributed by atoms with Gasteiger partial charge in [0.2, 0.25) is 5.91 Å². The van der Waals surface area contributed by atoms with Gasteiger partial charge in [0.15, 0.2) is 0 Å². The van der Waals surface area contributed by atoms with Crippen molar-refractivity contribution >= 4 is 40.4 Å². The summed E-state index contributed by atoms with van der Waals surface area (Å²) < 4.78 is 5.75. The molecule has 7 nitrogen and oxygen atoms in total. The van der Waals surface area contributed by atoms with Crippen LogP contribution in [0.2, 0.25) is 5.02 Å². The molecule has 0 spiro atoms. The Balaban J connectivity index is 1.43. The van der Waals surface area contributed by atoms with Crippen LogP contribution < -0.4 is 15.8 Å². The van der Waals surface area contributed by atoms with Crippen LogP contribution in [0.4, 0.5) is 5.69 Å². The van der Waals surface area contributed by atoms with Crippen LogP contribution in [0.5, 0.6) is 5.75 Å². The number of halogens is 1. The first kappa shape index (κ1) is 23.2. The number of aryl methyl sites for hydroxylation is 1. The summed E-state index contributed by atoms with van der Waals surface area (Å²) in [4.78, 5) is 31.9. The largest absolute Gasteiger partial charge is 0.486 e. The van der Waals surface area contributed by atoms with Crippen molar-refractivity contribution in [3.8, 4) is 5.75 Å². The van der Waals surface area contributed by atoms with E-state index in [1.807, 2.05) is 31.2 Å². The van der Waals surface area contributed by atoms with E-state index in [1.54, 1.807) is 24.3 Å². The van der Waals surface area contributed by atoms with Gasteiger partial charge in [0.25, 0.3) is 5.91 Å². The number of ether oxygens (including phenoxy) is 1. The summed E-state index contributed by atoms with van der Waals surface area (Å²) in [6, 6.07) is 14.4. The number of carbonyl (C=O) groups is 2. The predicted molar refractivity (Wildman–Crippen MR) is 130 cm³/mol. The number of rotatable bonds is 8. The van der Waals surface area contributed by atoms with E-state index in [0.717, 1.165) is 24.9 Å². The average molecular weight is 485 g/mol. The lowest BCUT2D eigenvalue weighted by atomic mass is 10.1. The van der Waals surface area contributed by atoms with Crippen LogP contribution in [-0.4, -0.2) is 34.3 Å². The van der Waals surface area contributed by atoms with Crippen molar-refractivity contribution in [1.82, 2.24) is 9.88 Å². The number of amides is 2. The number of para-hydroxylation sites is 1. The first-order valence-electron chi connectivity index (χ1n) is 10.7. The molecule has 9 heteroatoms. The van der Waals surface area contributed by atoms with E-state index < -0.39 is 0 Å². The Morgan fingerprint density at radius 3 is 2.76 bits per heavy atom. The molecule has 172 valence electrons. The number of nitrogens with two attached hydrogens (primary N) is 1. The number of nitrogens with zero attached hydrogens (tertiary/aromatic N) is 2. The van der Waals surface area contributed by atoms with Gasteiger partial charge in [-0.1, -0.05) is 29.8 Å². The van der Waals surface area contributed by atoms with E-state index >= 15 is 0 Å². The fraction of sp³-hybridized carbons (Fsp3) is 0.292. The maximum atomic E-state index is 13.0. The quantitative estimate of drug-likeness (QED) is 0.494. The van der Waals surface area contributed by atoms with Gasteiger partial charge in [0, 0.05) is 17.3 Å². The molecule has 0 radical (unpaired) electrons. The fourth-order valence-corrected chi connectivity index (χ4v) is 4.92. The first-order chi connectivity index (χ1) is 15.9. The topological polar surface area (TPSA) is 97.6 Å². The van der Waals surface area contributed by atoms with Gasteiger partial charge in [-0.2, -0.15) is 0 Å². The van der Waals surface area contributed by atoms with Crippen molar-refractivity contribution in [3.63, 3.8) is 0 Å². The summed E-state index contributed by atoms with van der Waals surface area (Å²) in [6.07, 6.45) is 1.70. The monoisotopic (exact) mass is 484 g/mol. The number of primary amides is 1. The standard InChI is InChI=1S/C24H25ClN4O3S/c1-15-22(33-21(27-15)14-32-18-10-8-17(25)9-11-18)24(31)28-19-6-3-2-5-16(19)13-29-12-4-7-20(29)23(26)30/h2-3,5-6,8-11,20H,4,7,12-14H2,1H3,(H2,26,30)(H,28,31)/t20-/m1/s1. The van der Waals surface area contributed by atoms with Crippen LogP contribution in [0.15, 0.2) is 48.5 Å². The maximum absolute atomic E-state index is 13.0. The van der Waals surface area contributed by atoms with Gasteiger partial charge in [0.1, 0.15) is 22.2 Å². The molecule has 33 heavy (non-hydrogen) atoms.